The van der Waals surface area contributed by atoms with Crippen molar-refractivity contribution >= 4 is 58.5 Å². The first-order valence-electron chi connectivity index (χ1n) is 12.5. The molecule has 0 atom stereocenters. The molecular formula is C32H28ClN3O3S. The number of rotatable bonds is 9. The highest BCUT2D eigenvalue weighted by atomic mass is 35.5. The second-order valence-electron chi connectivity index (χ2n) is 9.02. The maximum atomic E-state index is 13.2. The predicted molar refractivity (Wildman–Crippen MR) is 164 cm³/mol. The van der Waals surface area contributed by atoms with Crippen molar-refractivity contribution in [3.63, 3.8) is 0 Å². The molecule has 0 bridgehead atoms. The monoisotopic (exact) mass is 569 g/mol. The fourth-order valence-electron chi connectivity index (χ4n) is 3.68. The number of benzene rings is 4. The lowest BCUT2D eigenvalue weighted by Gasteiger charge is -2.12. The highest BCUT2D eigenvalue weighted by molar-refractivity contribution is 8.00. The Labute approximate surface area is 242 Å². The van der Waals surface area contributed by atoms with E-state index in [2.05, 4.69) is 16.0 Å². The van der Waals surface area contributed by atoms with Crippen LogP contribution in [0, 0.1) is 13.8 Å². The SMILES string of the molecule is Cc1ccc(/C=C(\NC(=O)c2ccccc2)C(=O)Nc2ccc(SCC(=O)Nc3cccc(Cl)c3C)cc2)cc1. The Morgan fingerprint density at radius 3 is 2.20 bits per heavy atom. The minimum Gasteiger partial charge on any atom is -0.325 e. The Kier molecular flexibility index (Phi) is 9.78. The molecule has 0 spiro atoms. The van der Waals surface area contributed by atoms with E-state index in [1.165, 1.54) is 11.8 Å². The largest absolute Gasteiger partial charge is 0.325 e. The van der Waals surface area contributed by atoms with Crippen molar-refractivity contribution in [2.75, 3.05) is 16.4 Å². The smallest absolute Gasteiger partial charge is 0.272 e. The van der Waals surface area contributed by atoms with Gasteiger partial charge in [-0.15, -0.1) is 11.8 Å². The molecule has 4 aromatic carbocycles. The Balaban J connectivity index is 1.40. The summed E-state index contributed by atoms with van der Waals surface area (Å²) in [5, 5.41) is 9.06. The van der Waals surface area contributed by atoms with E-state index in [9.17, 15) is 14.4 Å². The summed E-state index contributed by atoms with van der Waals surface area (Å²) in [7, 11) is 0. The van der Waals surface area contributed by atoms with Crippen LogP contribution in [0.4, 0.5) is 11.4 Å². The van der Waals surface area contributed by atoms with Crippen LogP contribution in [-0.4, -0.2) is 23.5 Å². The number of aryl methyl sites for hydroxylation is 1. The summed E-state index contributed by atoms with van der Waals surface area (Å²) >= 11 is 7.50. The van der Waals surface area contributed by atoms with Crippen molar-refractivity contribution in [1.82, 2.24) is 5.32 Å². The van der Waals surface area contributed by atoms with Crippen molar-refractivity contribution in [2.45, 2.75) is 18.7 Å². The van der Waals surface area contributed by atoms with Gasteiger partial charge in [-0.2, -0.15) is 0 Å². The fraction of sp³-hybridized carbons (Fsp3) is 0.0938. The summed E-state index contributed by atoms with van der Waals surface area (Å²) in [4.78, 5) is 39.3. The van der Waals surface area contributed by atoms with Gasteiger partial charge < -0.3 is 16.0 Å². The first kappa shape index (κ1) is 28.7. The molecule has 202 valence electrons. The first-order valence-corrected chi connectivity index (χ1v) is 13.9. The Morgan fingerprint density at radius 1 is 0.800 bits per heavy atom. The van der Waals surface area contributed by atoms with Gasteiger partial charge in [0.15, 0.2) is 0 Å². The average molecular weight is 570 g/mol. The summed E-state index contributed by atoms with van der Waals surface area (Å²) < 4.78 is 0. The lowest BCUT2D eigenvalue weighted by Crippen LogP contribution is -2.30. The maximum absolute atomic E-state index is 13.2. The van der Waals surface area contributed by atoms with E-state index in [0.717, 1.165) is 21.6 Å². The number of hydrogen-bond donors (Lipinski definition) is 3. The lowest BCUT2D eigenvalue weighted by atomic mass is 10.1. The van der Waals surface area contributed by atoms with E-state index < -0.39 is 5.91 Å². The Hall–Kier alpha value is -4.33. The van der Waals surface area contributed by atoms with Crippen LogP contribution in [-0.2, 0) is 9.59 Å². The van der Waals surface area contributed by atoms with Crippen molar-refractivity contribution in [1.29, 1.82) is 0 Å². The number of thioether (sulfide) groups is 1. The normalized spacial score (nSPS) is 11.0. The van der Waals surface area contributed by atoms with E-state index >= 15 is 0 Å². The van der Waals surface area contributed by atoms with Gasteiger partial charge in [0.2, 0.25) is 5.91 Å². The summed E-state index contributed by atoms with van der Waals surface area (Å²) in [6.07, 6.45) is 1.64. The van der Waals surface area contributed by atoms with Gasteiger partial charge in [-0.1, -0.05) is 65.7 Å². The highest BCUT2D eigenvalue weighted by Gasteiger charge is 2.15. The molecule has 3 N–H and O–H groups in total. The molecule has 0 heterocycles. The second-order valence-corrected chi connectivity index (χ2v) is 10.5. The van der Waals surface area contributed by atoms with Gasteiger partial charge in [0, 0.05) is 26.9 Å². The van der Waals surface area contributed by atoms with Crippen molar-refractivity contribution in [2.24, 2.45) is 0 Å². The van der Waals surface area contributed by atoms with Crippen molar-refractivity contribution < 1.29 is 14.4 Å². The van der Waals surface area contributed by atoms with E-state index in [0.29, 0.717) is 22.0 Å². The molecule has 0 aliphatic heterocycles. The summed E-state index contributed by atoms with van der Waals surface area (Å²) in [5.74, 6) is -0.770. The van der Waals surface area contributed by atoms with Gasteiger partial charge in [-0.05, 0) is 79.6 Å². The zero-order chi connectivity index (χ0) is 28.5. The van der Waals surface area contributed by atoms with E-state index in [-0.39, 0.29) is 23.3 Å². The Bertz CT molecular complexity index is 1540. The van der Waals surface area contributed by atoms with Crippen LogP contribution < -0.4 is 16.0 Å². The molecule has 6 nitrogen and oxygen atoms in total. The van der Waals surface area contributed by atoms with Gasteiger partial charge in [0.1, 0.15) is 5.70 Å². The molecule has 3 amide bonds. The second kappa shape index (κ2) is 13.6. The number of halogens is 1. The van der Waals surface area contributed by atoms with Crippen LogP contribution in [0.2, 0.25) is 5.02 Å². The molecule has 0 aliphatic rings. The molecule has 4 rings (SSSR count). The van der Waals surface area contributed by atoms with Crippen LogP contribution in [0.25, 0.3) is 6.08 Å². The minimum atomic E-state index is -0.457. The van der Waals surface area contributed by atoms with Crippen molar-refractivity contribution in [3.8, 4) is 0 Å². The topological polar surface area (TPSA) is 87.3 Å². The van der Waals surface area contributed by atoms with Crippen LogP contribution in [0.5, 0.6) is 0 Å². The summed E-state index contributed by atoms with van der Waals surface area (Å²) in [5.41, 5.74) is 4.49. The number of nitrogens with one attached hydrogen (secondary N) is 3. The number of carbonyl (C=O) groups is 3. The van der Waals surface area contributed by atoms with Crippen molar-refractivity contribution in [3.05, 3.63) is 130 Å². The maximum Gasteiger partial charge on any atom is 0.272 e. The van der Waals surface area contributed by atoms with Crippen LogP contribution in [0.15, 0.2) is 108 Å². The summed E-state index contributed by atoms with van der Waals surface area (Å²) in [6.45, 7) is 3.83. The van der Waals surface area contributed by atoms with Gasteiger partial charge >= 0.3 is 0 Å². The molecule has 0 aromatic heterocycles. The number of amides is 3. The Morgan fingerprint density at radius 2 is 1.50 bits per heavy atom. The molecular weight excluding hydrogens is 542 g/mol. The lowest BCUT2D eigenvalue weighted by molar-refractivity contribution is -0.114. The standard InChI is InChI=1S/C32H28ClN3O3S/c1-21-11-13-23(14-12-21)19-29(36-31(38)24-7-4-3-5-8-24)32(39)34-25-15-17-26(18-16-25)40-20-30(37)35-28-10-6-9-27(33)22(28)2/h3-19H,20H2,1-2H3,(H,34,39)(H,35,37)(H,36,38)/b29-19-. The first-order chi connectivity index (χ1) is 19.3. The number of carbonyl (C=O) groups excluding carboxylic acids is 3. The molecule has 0 aliphatic carbocycles. The molecule has 0 saturated heterocycles. The van der Waals surface area contributed by atoms with E-state index in [4.69, 9.17) is 11.6 Å². The third kappa shape index (κ3) is 8.09. The van der Waals surface area contributed by atoms with Crippen LogP contribution >= 0.6 is 23.4 Å². The third-order valence-corrected chi connectivity index (χ3v) is 7.36. The minimum absolute atomic E-state index is 0.115. The van der Waals surface area contributed by atoms with Crippen LogP contribution in [0.3, 0.4) is 0 Å². The molecule has 4 aromatic rings. The van der Waals surface area contributed by atoms with E-state index in [1.54, 1.807) is 54.6 Å². The third-order valence-electron chi connectivity index (χ3n) is 5.94. The van der Waals surface area contributed by atoms with Gasteiger partial charge in [0.05, 0.1) is 5.75 Å². The summed E-state index contributed by atoms with van der Waals surface area (Å²) in [6, 6.07) is 28.9. The highest BCUT2D eigenvalue weighted by Crippen LogP contribution is 2.25. The average Bonchev–Trinajstić information content (AvgIpc) is 2.96. The van der Waals surface area contributed by atoms with Crippen LogP contribution in [0.1, 0.15) is 27.0 Å². The van der Waals surface area contributed by atoms with Gasteiger partial charge in [0.25, 0.3) is 11.8 Å². The molecule has 0 saturated carbocycles. The van der Waals surface area contributed by atoms with Gasteiger partial charge in [-0.3, -0.25) is 14.4 Å². The molecule has 0 unspecified atom stereocenters. The van der Waals surface area contributed by atoms with Gasteiger partial charge in [-0.25, -0.2) is 0 Å². The quantitative estimate of drug-likeness (QED) is 0.148. The zero-order valence-corrected chi connectivity index (χ0v) is 23.6. The molecule has 40 heavy (non-hydrogen) atoms. The molecule has 8 heteroatoms. The molecule has 0 radical (unpaired) electrons. The fourth-order valence-corrected chi connectivity index (χ4v) is 4.56. The number of anilines is 2. The van der Waals surface area contributed by atoms with E-state index in [1.807, 2.05) is 62.4 Å². The number of hydrogen-bond acceptors (Lipinski definition) is 4. The zero-order valence-electron chi connectivity index (χ0n) is 22.0. The molecule has 0 fully saturated rings. The predicted octanol–water partition coefficient (Wildman–Crippen LogP) is 7.10.